The number of nitrogens with one attached hydrogen (secondary N) is 1. The molecular weight excluding hydrogens is 441 g/mol. The van der Waals surface area contributed by atoms with E-state index < -0.39 is 0 Å². The number of aliphatic imine (C=N–C) groups is 1. The molecule has 0 aliphatic carbocycles. The molecule has 0 bridgehead atoms. The summed E-state index contributed by atoms with van der Waals surface area (Å²) < 4.78 is 7.74. The highest BCUT2D eigenvalue weighted by atomic mass is 127. The summed E-state index contributed by atoms with van der Waals surface area (Å²) in [4.78, 5) is 6.81. The molecule has 26 heavy (non-hydrogen) atoms. The molecule has 1 heterocycles. The smallest absolute Gasteiger partial charge is 0.194 e. The minimum Gasteiger partial charge on any atom is -0.489 e. The van der Waals surface area contributed by atoms with Crippen LogP contribution in [0.3, 0.4) is 0 Å². The van der Waals surface area contributed by atoms with Gasteiger partial charge in [-0.3, -0.25) is 4.68 Å². The first-order chi connectivity index (χ1) is 12.0. The number of halogens is 1. The number of benzene rings is 1. The van der Waals surface area contributed by atoms with E-state index in [1.807, 2.05) is 50.2 Å². The van der Waals surface area contributed by atoms with Gasteiger partial charge in [-0.25, -0.2) is 4.99 Å². The highest BCUT2D eigenvalue weighted by Crippen LogP contribution is 2.13. The predicted molar refractivity (Wildman–Crippen MR) is 117 cm³/mol. The van der Waals surface area contributed by atoms with E-state index in [1.54, 1.807) is 0 Å². The molecule has 2 aromatic rings. The summed E-state index contributed by atoms with van der Waals surface area (Å²) in [7, 11) is 3.95. The van der Waals surface area contributed by atoms with Crippen molar-refractivity contribution in [3.63, 3.8) is 0 Å². The minimum absolute atomic E-state index is 0. The van der Waals surface area contributed by atoms with Gasteiger partial charge >= 0.3 is 0 Å². The minimum atomic E-state index is 0. The third-order valence-electron chi connectivity index (χ3n) is 3.73. The van der Waals surface area contributed by atoms with E-state index in [4.69, 9.17) is 9.73 Å². The third-order valence-corrected chi connectivity index (χ3v) is 3.73. The highest BCUT2D eigenvalue weighted by Gasteiger charge is 2.09. The highest BCUT2D eigenvalue weighted by molar-refractivity contribution is 14.0. The molecule has 0 saturated carbocycles. The molecule has 7 heteroatoms. The Hall–Kier alpha value is -1.77. The number of hydrogen-bond donors (Lipinski definition) is 1. The summed E-state index contributed by atoms with van der Waals surface area (Å²) in [5, 5.41) is 7.54. The zero-order chi connectivity index (χ0) is 18.2. The fourth-order valence-corrected chi connectivity index (χ4v) is 2.47. The van der Waals surface area contributed by atoms with Gasteiger partial charge in [0.1, 0.15) is 11.9 Å². The lowest BCUT2D eigenvalue weighted by Crippen LogP contribution is -2.39. The third kappa shape index (κ3) is 7.23. The molecule has 0 radical (unpaired) electrons. The summed E-state index contributed by atoms with van der Waals surface area (Å²) in [6, 6.07) is 8.10. The lowest BCUT2D eigenvalue weighted by molar-refractivity contribution is 0.229. The van der Waals surface area contributed by atoms with Crippen LogP contribution in [-0.4, -0.2) is 46.9 Å². The molecule has 1 aromatic carbocycles. The first kappa shape index (κ1) is 22.3. The Morgan fingerprint density at radius 3 is 2.62 bits per heavy atom. The summed E-state index contributed by atoms with van der Waals surface area (Å²) in [6.45, 7) is 8.34. The van der Waals surface area contributed by atoms with Crippen LogP contribution in [0.5, 0.6) is 5.75 Å². The van der Waals surface area contributed by atoms with Crippen molar-refractivity contribution in [2.24, 2.45) is 12.0 Å². The van der Waals surface area contributed by atoms with E-state index in [-0.39, 0.29) is 30.1 Å². The van der Waals surface area contributed by atoms with Gasteiger partial charge in [-0.05, 0) is 32.9 Å². The largest absolute Gasteiger partial charge is 0.489 e. The second-order valence-corrected chi connectivity index (χ2v) is 6.31. The Morgan fingerprint density at radius 1 is 1.35 bits per heavy atom. The number of ether oxygens (including phenoxy) is 1. The first-order valence-corrected chi connectivity index (χ1v) is 8.68. The molecule has 0 amide bonds. The van der Waals surface area contributed by atoms with Crippen molar-refractivity contribution in [3.8, 4) is 5.75 Å². The van der Waals surface area contributed by atoms with Gasteiger partial charge in [0, 0.05) is 38.9 Å². The molecule has 0 fully saturated rings. The molecule has 0 aliphatic rings. The molecule has 2 rings (SSSR count). The number of rotatable bonds is 7. The van der Waals surface area contributed by atoms with E-state index in [9.17, 15) is 0 Å². The molecule has 0 spiro atoms. The molecule has 1 atom stereocenters. The van der Waals surface area contributed by atoms with Gasteiger partial charge < -0.3 is 15.0 Å². The van der Waals surface area contributed by atoms with Crippen LogP contribution in [0, 0.1) is 6.92 Å². The Labute approximate surface area is 173 Å². The van der Waals surface area contributed by atoms with Crippen LogP contribution in [0.15, 0.2) is 41.7 Å². The molecule has 1 N–H and O–H groups in total. The Kier molecular flexibility index (Phi) is 9.47. The van der Waals surface area contributed by atoms with Gasteiger partial charge in [0.25, 0.3) is 0 Å². The standard InChI is InChI=1S/C19H29N5O.HI/c1-6-20-19(23(4)13-17-12-22-24(5)14-17)21-11-16(3)25-18-9-7-15(2)8-10-18;/h7-10,12,14,16H,6,11,13H2,1-5H3,(H,20,21);1H. The van der Waals surface area contributed by atoms with Gasteiger partial charge in [0.05, 0.1) is 12.7 Å². The van der Waals surface area contributed by atoms with Gasteiger partial charge in [0.15, 0.2) is 5.96 Å². The fourth-order valence-electron chi connectivity index (χ4n) is 2.47. The van der Waals surface area contributed by atoms with Crippen molar-refractivity contribution in [2.75, 3.05) is 20.1 Å². The van der Waals surface area contributed by atoms with Crippen LogP contribution in [0.4, 0.5) is 0 Å². The number of nitrogens with zero attached hydrogens (tertiary/aromatic N) is 4. The van der Waals surface area contributed by atoms with Crippen molar-refractivity contribution < 1.29 is 4.74 Å². The Balaban J connectivity index is 0.00000338. The Morgan fingerprint density at radius 2 is 2.04 bits per heavy atom. The predicted octanol–water partition coefficient (Wildman–Crippen LogP) is 3.21. The van der Waals surface area contributed by atoms with Gasteiger partial charge in [-0.2, -0.15) is 5.10 Å². The van der Waals surface area contributed by atoms with E-state index in [2.05, 4.69) is 41.3 Å². The fraction of sp³-hybridized carbons (Fsp3) is 0.474. The van der Waals surface area contributed by atoms with Crippen LogP contribution < -0.4 is 10.1 Å². The van der Waals surface area contributed by atoms with E-state index >= 15 is 0 Å². The molecule has 1 aromatic heterocycles. The average molecular weight is 471 g/mol. The number of guanidine groups is 1. The van der Waals surface area contributed by atoms with Gasteiger partial charge in [-0.1, -0.05) is 17.7 Å². The molecule has 6 nitrogen and oxygen atoms in total. The maximum Gasteiger partial charge on any atom is 0.194 e. The lowest BCUT2D eigenvalue weighted by atomic mass is 10.2. The van der Waals surface area contributed by atoms with Crippen LogP contribution in [0.2, 0.25) is 0 Å². The van der Waals surface area contributed by atoms with Crippen LogP contribution >= 0.6 is 24.0 Å². The monoisotopic (exact) mass is 471 g/mol. The topological polar surface area (TPSA) is 54.7 Å². The second-order valence-electron chi connectivity index (χ2n) is 6.31. The maximum atomic E-state index is 5.93. The normalized spacial score (nSPS) is 12.3. The SMILES string of the molecule is CCNC(=NCC(C)Oc1ccc(C)cc1)N(C)Cc1cnn(C)c1.I. The van der Waals surface area contributed by atoms with Crippen molar-refractivity contribution >= 4 is 29.9 Å². The number of aryl methyl sites for hydroxylation is 2. The van der Waals surface area contributed by atoms with Crippen molar-refractivity contribution in [2.45, 2.75) is 33.4 Å². The van der Waals surface area contributed by atoms with Crippen LogP contribution in [0.1, 0.15) is 25.0 Å². The molecular formula is C19H30IN5O. The van der Waals surface area contributed by atoms with E-state index in [1.165, 1.54) is 5.56 Å². The van der Waals surface area contributed by atoms with Crippen molar-refractivity contribution in [1.82, 2.24) is 20.0 Å². The summed E-state index contributed by atoms with van der Waals surface area (Å²) in [6.07, 6.45) is 3.90. The van der Waals surface area contributed by atoms with Gasteiger partial charge in [-0.15, -0.1) is 24.0 Å². The summed E-state index contributed by atoms with van der Waals surface area (Å²) in [5.74, 6) is 1.74. The quantitative estimate of drug-likeness (QED) is 0.383. The number of hydrogen-bond acceptors (Lipinski definition) is 3. The van der Waals surface area contributed by atoms with Crippen molar-refractivity contribution in [3.05, 3.63) is 47.8 Å². The van der Waals surface area contributed by atoms with Crippen molar-refractivity contribution in [1.29, 1.82) is 0 Å². The number of aromatic nitrogens is 2. The summed E-state index contributed by atoms with van der Waals surface area (Å²) >= 11 is 0. The van der Waals surface area contributed by atoms with Crippen LogP contribution in [0.25, 0.3) is 0 Å². The lowest BCUT2D eigenvalue weighted by Gasteiger charge is -2.22. The molecule has 144 valence electrons. The molecule has 1 unspecified atom stereocenters. The first-order valence-electron chi connectivity index (χ1n) is 8.68. The second kappa shape index (κ2) is 11.1. The van der Waals surface area contributed by atoms with E-state index in [0.29, 0.717) is 6.54 Å². The zero-order valence-electron chi connectivity index (χ0n) is 16.3. The zero-order valence-corrected chi connectivity index (χ0v) is 18.6. The van der Waals surface area contributed by atoms with Crippen LogP contribution in [-0.2, 0) is 13.6 Å². The Bertz CT molecular complexity index is 683. The van der Waals surface area contributed by atoms with E-state index in [0.717, 1.165) is 30.4 Å². The van der Waals surface area contributed by atoms with Gasteiger partial charge in [0.2, 0.25) is 0 Å². The maximum absolute atomic E-state index is 5.93. The molecule has 0 aliphatic heterocycles. The average Bonchev–Trinajstić information content (AvgIpc) is 2.98. The molecule has 0 saturated heterocycles. The summed E-state index contributed by atoms with van der Waals surface area (Å²) in [5.41, 5.74) is 2.38.